The molecule has 4 heteroatoms. The van der Waals surface area contributed by atoms with Gasteiger partial charge in [-0.05, 0) is 52.4 Å². The van der Waals surface area contributed by atoms with Gasteiger partial charge in [-0.3, -0.25) is 0 Å². The Kier molecular flexibility index (Phi) is 7.39. The van der Waals surface area contributed by atoms with Crippen molar-refractivity contribution >= 4 is 5.96 Å². The van der Waals surface area contributed by atoms with E-state index in [0.29, 0.717) is 6.54 Å². The van der Waals surface area contributed by atoms with Gasteiger partial charge >= 0.3 is 0 Å². The summed E-state index contributed by atoms with van der Waals surface area (Å²) in [6.45, 7) is 14.3. The number of nitrogens with zero attached hydrogens (tertiary/aromatic N) is 2. The summed E-state index contributed by atoms with van der Waals surface area (Å²) in [5.41, 5.74) is 2.59. The molecule has 1 aromatic carbocycles. The van der Waals surface area contributed by atoms with E-state index < -0.39 is 0 Å². The number of nitrogens with one attached hydrogen (secondary N) is 2. The average Bonchev–Trinajstić information content (AvgIpc) is 2.44. The third kappa shape index (κ3) is 7.46. The van der Waals surface area contributed by atoms with E-state index in [1.54, 1.807) is 0 Å². The third-order valence-electron chi connectivity index (χ3n) is 3.24. The summed E-state index contributed by atoms with van der Waals surface area (Å²) in [7, 11) is 2.14. The Morgan fingerprint density at radius 2 is 1.86 bits per heavy atom. The largest absolute Gasteiger partial charge is 0.357 e. The normalized spacial score (nSPS) is 12.6. The second-order valence-electron chi connectivity index (χ2n) is 6.72. The lowest BCUT2D eigenvalue weighted by Gasteiger charge is -2.23. The lowest BCUT2D eigenvalue weighted by Crippen LogP contribution is -2.47. The van der Waals surface area contributed by atoms with E-state index >= 15 is 0 Å². The van der Waals surface area contributed by atoms with E-state index in [-0.39, 0.29) is 5.54 Å². The number of hydrogen-bond donors (Lipinski definition) is 2. The van der Waals surface area contributed by atoms with Crippen LogP contribution in [-0.4, -0.2) is 36.5 Å². The maximum atomic E-state index is 4.69. The van der Waals surface area contributed by atoms with Crippen molar-refractivity contribution in [2.45, 2.75) is 53.2 Å². The highest BCUT2D eigenvalue weighted by atomic mass is 15.2. The van der Waals surface area contributed by atoms with Gasteiger partial charge in [0, 0.05) is 18.6 Å². The van der Waals surface area contributed by atoms with Crippen molar-refractivity contribution in [2.75, 3.05) is 20.1 Å². The molecule has 0 atom stereocenters. The van der Waals surface area contributed by atoms with Crippen molar-refractivity contribution in [3.63, 3.8) is 0 Å². The van der Waals surface area contributed by atoms with Crippen LogP contribution >= 0.6 is 0 Å². The molecule has 0 amide bonds. The van der Waals surface area contributed by atoms with Crippen molar-refractivity contribution in [2.24, 2.45) is 4.99 Å². The maximum absolute atomic E-state index is 4.69. The van der Waals surface area contributed by atoms with E-state index in [0.717, 1.165) is 25.6 Å². The molecule has 0 aromatic heterocycles. The van der Waals surface area contributed by atoms with Crippen LogP contribution in [0, 0.1) is 0 Å². The number of guanidine groups is 1. The van der Waals surface area contributed by atoms with E-state index in [1.165, 1.54) is 11.1 Å². The molecule has 0 fully saturated rings. The lowest BCUT2D eigenvalue weighted by molar-refractivity contribution is 0.345. The molecule has 0 radical (unpaired) electrons. The van der Waals surface area contributed by atoms with Gasteiger partial charge in [-0.15, -0.1) is 0 Å². The molecule has 0 spiro atoms. The minimum Gasteiger partial charge on any atom is -0.357 e. The predicted octanol–water partition coefficient (Wildman–Crippen LogP) is 2.99. The van der Waals surface area contributed by atoms with Gasteiger partial charge in [0.25, 0.3) is 0 Å². The van der Waals surface area contributed by atoms with Crippen LogP contribution in [0.15, 0.2) is 29.3 Å². The molecule has 1 rings (SSSR count). The smallest absolute Gasteiger partial charge is 0.191 e. The molecule has 0 aliphatic rings. The molecule has 0 bridgehead atoms. The summed E-state index contributed by atoms with van der Waals surface area (Å²) >= 11 is 0. The van der Waals surface area contributed by atoms with Crippen molar-refractivity contribution < 1.29 is 0 Å². The molecule has 0 saturated heterocycles. The Morgan fingerprint density at radius 3 is 2.45 bits per heavy atom. The van der Waals surface area contributed by atoms with Crippen molar-refractivity contribution in [1.82, 2.24) is 15.5 Å². The Bertz CT molecular complexity index is 474. The van der Waals surface area contributed by atoms with Crippen molar-refractivity contribution in [3.05, 3.63) is 35.4 Å². The van der Waals surface area contributed by atoms with E-state index in [4.69, 9.17) is 4.99 Å². The van der Waals surface area contributed by atoms with Crippen molar-refractivity contribution in [3.8, 4) is 0 Å². The third-order valence-corrected chi connectivity index (χ3v) is 3.24. The van der Waals surface area contributed by atoms with Gasteiger partial charge in [0.1, 0.15) is 0 Å². The van der Waals surface area contributed by atoms with Crippen LogP contribution in [0.2, 0.25) is 0 Å². The fourth-order valence-electron chi connectivity index (χ4n) is 2.08. The zero-order chi connectivity index (χ0) is 16.6. The van der Waals surface area contributed by atoms with E-state index in [9.17, 15) is 0 Å². The topological polar surface area (TPSA) is 39.7 Å². The Hall–Kier alpha value is -1.55. The molecular formula is C18H32N4. The zero-order valence-corrected chi connectivity index (χ0v) is 15.0. The van der Waals surface area contributed by atoms with Gasteiger partial charge in [-0.25, -0.2) is 4.99 Å². The fourth-order valence-corrected chi connectivity index (χ4v) is 2.08. The summed E-state index contributed by atoms with van der Waals surface area (Å²) in [5, 5.41) is 6.71. The number of rotatable bonds is 6. The van der Waals surface area contributed by atoms with Crippen LogP contribution in [0.5, 0.6) is 0 Å². The SMILES string of the molecule is CCNC(=NCc1cccc(CN(C)CC)c1)NC(C)(C)C. The summed E-state index contributed by atoms with van der Waals surface area (Å²) in [5.74, 6) is 0.867. The summed E-state index contributed by atoms with van der Waals surface area (Å²) in [6.07, 6.45) is 0. The molecular weight excluding hydrogens is 272 g/mol. The van der Waals surface area contributed by atoms with Crippen molar-refractivity contribution in [1.29, 1.82) is 0 Å². The molecule has 4 nitrogen and oxygen atoms in total. The zero-order valence-electron chi connectivity index (χ0n) is 15.0. The minimum atomic E-state index is 0.00664. The number of hydrogen-bond acceptors (Lipinski definition) is 2. The first kappa shape index (κ1) is 18.5. The summed E-state index contributed by atoms with van der Waals surface area (Å²) in [4.78, 5) is 6.99. The van der Waals surface area contributed by atoms with Gasteiger partial charge in [0.15, 0.2) is 5.96 Å². The lowest BCUT2D eigenvalue weighted by atomic mass is 10.1. The monoisotopic (exact) mass is 304 g/mol. The molecule has 124 valence electrons. The Morgan fingerprint density at radius 1 is 1.18 bits per heavy atom. The summed E-state index contributed by atoms with van der Waals surface area (Å²) < 4.78 is 0. The maximum Gasteiger partial charge on any atom is 0.191 e. The molecule has 0 saturated carbocycles. The quantitative estimate of drug-likeness (QED) is 0.627. The Balaban J connectivity index is 2.75. The fraction of sp³-hybridized carbons (Fsp3) is 0.611. The van der Waals surface area contributed by atoms with Gasteiger partial charge in [-0.2, -0.15) is 0 Å². The van der Waals surface area contributed by atoms with E-state index in [2.05, 4.69) is 81.5 Å². The highest BCUT2D eigenvalue weighted by Crippen LogP contribution is 2.09. The molecule has 0 aliphatic carbocycles. The summed E-state index contributed by atoms with van der Waals surface area (Å²) in [6, 6.07) is 8.68. The molecule has 0 unspecified atom stereocenters. The van der Waals surface area contributed by atoms with E-state index in [1.807, 2.05) is 0 Å². The molecule has 2 N–H and O–H groups in total. The minimum absolute atomic E-state index is 0.00664. The number of benzene rings is 1. The van der Waals surface area contributed by atoms with Gasteiger partial charge in [-0.1, -0.05) is 31.2 Å². The second kappa shape index (κ2) is 8.79. The van der Waals surface area contributed by atoms with Gasteiger partial charge in [0.2, 0.25) is 0 Å². The van der Waals surface area contributed by atoms with Crippen LogP contribution in [0.3, 0.4) is 0 Å². The van der Waals surface area contributed by atoms with Crippen LogP contribution in [0.25, 0.3) is 0 Å². The highest BCUT2D eigenvalue weighted by Gasteiger charge is 2.11. The molecule has 0 aliphatic heterocycles. The van der Waals surface area contributed by atoms with Crippen LogP contribution in [0.1, 0.15) is 45.7 Å². The first-order chi connectivity index (χ1) is 10.3. The standard InChI is InChI=1S/C18H32N4/c1-7-19-17(21-18(3,4)5)20-13-15-10-9-11-16(12-15)14-22(6)8-2/h9-12H,7-8,13-14H2,1-6H3,(H2,19,20,21). The van der Waals surface area contributed by atoms with Crippen LogP contribution in [-0.2, 0) is 13.1 Å². The van der Waals surface area contributed by atoms with Gasteiger partial charge < -0.3 is 15.5 Å². The average molecular weight is 304 g/mol. The Labute approximate surface area is 136 Å². The van der Waals surface area contributed by atoms with Gasteiger partial charge in [0.05, 0.1) is 6.54 Å². The molecule has 0 heterocycles. The van der Waals surface area contributed by atoms with Crippen LogP contribution in [0.4, 0.5) is 0 Å². The second-order valence-corrected chi connectivity index (χ2v) is 6.72. The first-order valence-electron chi connectivity index (χ1n) is 8.17. The first-order valence-corrected chi connectivity index (χ1v) is 8.17. The van der Waals surface area contributed by atoms with Crippen LogP contribution < -0.4 is 10.6 Å². The highest BCUT2D eigenvalue weighted by molar-refractivity contribution is 5.80. The molecule has 22 heavy (non-hydrogen) atoms. The molecule has 1 aromatic rings. The predicted molar refractivity (Wildman–Crippen MR) is 96.2 cm³/mol. The number of aliphatic imine (C=N–C) groups is 1.